The minimum atomic E-state index is -4.58. The highest BCUT2D eigenvalue weighted by Gasteiger charge is 2.64. The van der Waals surface area contributed by atoms with E-state index >= 15 is 0 Å². The predicted molar refractivity (Wildman–Crippen MR) is 135 cm³/mol. The highest BCUT2D eigenvalue weighted by molar-refractivity contribution is 5.96. The molecule has 7 nitrogen and oxygen atoms in total. The Morgan fingerprint density at radius 1 is 1.13 bits per heavy atom. The number of pyridine rings is 1. The fourth-order valence-corrected chi connectivity index (χ4v) is 3.99. The summed E-state index contributed by atoms with van der Waals surface area (Å²) in [5.74, 6) is -2.39. The van der Waals surface area contributed by atoms with Crippen LogP contribution in [-0.2, 0) is 17.8 Å². The molecule has 0 aliphatic heterocycles. The summed E-state index contributed by atoms with van der Waals surface area (Å²) in [5.41, 5.74) is -1.06. The Hall–Kier alpha value is -3.99. The predicted octanol–water partition coefficient (Wildman–Crippen LogP) is 4.90. The lowest BCUT2D eigenvalue weighted by atomic mass is 9.97. The number of nitrogens with zero attached hydrogens (tertiary/aromatic N) is 1. The van der Waals surface area contributed by atoms with Gasteiger partial charge in [-0.25, -0.2) is 4.39 Å². The molecular weight excluding hydrogens is 518 g/mol. The van der Waals surface area contributed by atoms with E-state index in [9.17, 15) is 32.3 Å². The van der Waals surface area contributed by atoms with Gasteiger partial charge >= 0.3 is 6.18 Å². The SMILES string of the molecule is CC(CO)c1cc(F)c(CC(=O)Nc2ccnc(C(=O)NC3(C(F)(F)F)CC3)c2)cc1OCc1ccccc1. The lowest BCUT2D eigenvalue weighted by Gasteiger charge is -2.20. The largest absolute Gasteiger partial charge is 0.489 e. The van der Waals surface area contributed by atoms with Gasteiger partial charge in [-0.15, -0.1) is 0 Å². The average molecular weight is 546 g/mol. The van der Waals surface area contributed by atoms with E-state index in [4.69, 9.17) is 4.74 Å². The highest BCUT2D eigenvalue weighted by Crippen LogP contribution is 2.49. The number of hydrogen-bond donors (Lipinski definition) is 3. The summed E-state index contributed by atoms with van der Waals surface area (Å²) in [4.78, 5) is 28.9. The molecule has 0 spiro atoms. The van der Waals surface area contributed by atoms with Crippen LogP contribution in [-0.4, -0.2) is 40.2 Å². The van der Waals surface area contributed by atoms with Crippen LogP contribution in [0.2, 0.25) is 0 Å². The number of aliphatic hydroxyl groups is 1. The Balaban J connectivity index is 1.46. The van der Waals surface area contributed by atoms with Crippen molar-refractivity contribution in [1.82, 2.24) is 10.3 Å². The molecule has 1 aliphatic rings. The maximum absolute atomic E-state index is 14.9. The number of anilines is 1. The van der Waals surface area contributed by atoms with E-state index in [0.717, 1.165) is 11.6 Å². The number of rotatable bonds is 10. The first-order valence-corrected chi connectivity index (χ1v) is 12.3. The van der Waals surface area contributed by atoms with Gasteiger partial charge in [-0.3, -0.25) is 14.6 Å². The first-order valence-electron chi connectivity index (χ1n) is 12.3. The average Bonchev–Trinajstić information content (AvgIpc) is 3.70. The van der Waals surface area contributed by atoms with Gasteiger partial charge in [0.25, 0.3) is 5.91 Å². The summed E-state index contributed by atoms with van der Waals surface area (Å²) in [6.45, 7) is 1.68. The first kappa shape index (κ1) is 28.0. The number of nitrogens with one attached hydrogen (secondary N) is 2. The normalized spacial score (nSPS) is 14.8. The van der Waals surface area contributed by atoms with Crippen molar-refractivity contribution in [2.45, 2.75) is 50.4 Å². The van der Waals surface area contributed by atoms with Gasteiger partial charge in [0.2, 0.25) is 5.91 Å². The maximum atomic E-state index is 14.9. The first-order chi connectivity index (χ1) is 18.5. The lowest BCUT2D eigenvalue weighted by Crippen LogP contribution is -2.48. The van der Waals surface area contributed by atoms with Crippen LogP contribution < -0.4 is 15.4 Å². The van der Waals surface area contributed by atoms with E-state index in [0.29, 0.717) is 11.3 Å². The lowest BCUT2D eigenvalue weighted by molar-refractivity contribution is -0.163. The number of carbonyl (C=O) groups is 2. The van der Waals surface area contributed by atoms with Gasteiger partial charge < -0.3 is 20.5 Å². The van der Waals surface area contributed by atoms with Gasteiger partial charge in [0.1, 0.15) is 29.4 Å². The summed E-state index contributed by atoms with van der Waals surface area (Å²) < 4.78 is 60.4. The van der Waals surface area contributed by atoms with E-state index in [-0.39, 0.29) is 49.4 Å². The number of amides is 2. The number of hydrogen-bond acceptors (Lipinski definition) is 5. The van der Waals surface area contributed by atoms with Gasteiger partial charge in [0, 0.05) is 35.5 Å². The van der Waals surface area contributed by atoms with E-state index in [1.807, 2.05) is 35.6 Å². The molecule has 1 aromatic heterocycles. The Bertz CT molecular complexity index is 1340. The maximum Gasteiger partial charge on any atom is 0.411 e. The molecule has 4 rings (SSSR count). The van der Waals surface area contributed by atoms with Gasteiger partial charge in [0.15, 0.2) is 0 Å². The number of aliphatic hydroxyl groups excluding tert-OH is 1. The van der Waals surface area contributed by atoms with Crippen molar-refractivity contribution >= 4 is 17.5 Å². The third-order valence-electron chi connectivity index (χ3n) is 6.49. The molecule has 3 N–H and O–H groups in total. The minimum Gasteiger partial charge on any atom is -0.489 e. The van der Waals surface area contributed by atoms with Crippen molar-refractivity contribution in [3.05, 3.63) is 89.0 Å². The third kappa shape index (κ3) is 6.72. The second-order valence-electron chi connectivity index (χ2n) is 9.53. The van der Waals surface area contributed by atoms with Crippen LogP contribution in [0, 0.1) is 5.82 Å². The van der Waals surface area contributed by atoms with Crippen LogP contribution in [0.25, 0.3) is 0 Å². The van der Waals surface area contributed by atoms with E-state index in [1.54, 1.807) is 6.92 Å². The third-order valence-corrected chi connectivity index (χ3v) is 6.49. The summed E-state index contributed by atoms with van der Waals surface area (Å²) in [6.07, 6.45) is -4.21. The Morgan fingerprint density at radius 2 is 1.85 bits per heavy atom. The van der Waals surface area contributed by atoms with Crippen LogP contribution in [0.3, 0.4) is 0 Å². The number of carbonyl (C=O) groups excluding carboxylic acids is 2. The molecule has 1 unspecified atom stereocenters. The quantitative estimate of drug-likeness (QED) is 0.315. The molecule has 0 saturated heterocycles. The topological polar surface area (TPSA) is 101 Å². The second kappa shape index (κ2) is 11.4. The summed E-state index contributed by atoms with van der Waals surface area (Å²) in [7, 11) is 0. The van der Waals surface area contributed by atoms with Gasteiger partial charge in [0.05, 0.1) is 6.42 Å². The number of benzene rings is 2. The van der Waals surface area contributed by atoms with E-state index < -0.39 is 35.3 Å². The monoisotopic (exact) mass is 545 g/mol. The van der Waals surface area contributed by atoms with E-state index in [1.165, 1.54) is 24.4 Å². The Labute approximate surface area is 222 Å². The van der Waals surface area contributed by atoms with Crippen molar-refractivity contribution in [3.63, 3.8) is 0 Å². The fourth-order valence-electron chi connectivity index (χ4n) is 3.99. The molecule has 0 bridgehead atoms. The number of ether oxygens (including phenoxy) is 1. The van der Waals surface area contributed by atoms with Crippen LogP contribution in [0.5, 0.6) is 5.75 Å². The van der Waals surface area contributed by atoms with Gasteiger partial charge in [-0.05, 0) is 42.7 Å². The number of alkyl halides is 3. The fraction of sp³-hybridized carbons (Fsp3) is 0.321. The van der Waals surface area contributed by atoms with Crippen LogP contribution in [0.15, 0.2) is 60.8 Å². The zero-order chi connectivity index (χ0) is 28.2. The molecule has 11 heteroatoms. The molecule has 1 heterocycles. The smallest absolute Gasteiger partial charge is 0.411 e. The molecule has 1 fully saturated rings. The molecule has 1 saturated carbocycles. The molecule has 1 aliphatic carbocycles. The molecule has 39 heavy (non-hydrogen) atoms. The zero-order valence-corrected chi connectivity index (χ0v) is 21.0. The molecule has 0 radical (unpaired) electrons. The molecule has 1 atom stereocenters. The number of aromatic nitrogens is 1. The summed E-state index contributed by atoms with van der Waals surface area (Å²) >= 11 is 0. The van der Waals surface area contributed by atoms with Crippen LogP contribution in [0.1, 0.15) is 52.9 Å². The summed E-state index contributed by atoms with van der Waals surface area (Å²) in [5, 5.41) is 14.1. The highest BCUT2D eigenvalue weighted by atomic mass is 19.4. The molecule has 2 amide bonds. The van der Waals surface area contributed by atoms with Crippen molar-refractivity contribution in [2.24, 2.45) is 0 Å². The Morgan fingerprint density at radius 3 is 2.49 bits per heavy atom. The summed E-state index contributed by atoms with van der Waals surface area (Å²) in [6, 6.07) is 14.5. The Kier molecular flexibility index (Phi) is 8.19. The van der Waals surface area contributed by atoms with Crippen molar-refractivity contribution in [3.8, 4) is 5.75 Å². The molecule has 206 valence electrons. The molecule has 2 aromatic carbocycles. The second-order valence-corrected chi connectivity index (χ2v) is 9.53. The van der Waals surface area contributed by atoms with Crippen molar-refractivity contribution in [1.29, 1.82) is 0 Å². The number of halogens is 4. The van der Waals surface area contributed by atoms with Crippen molar-refractivity contribution in [2.75, 3.05) is 11.9 Å². The molecule has 3 aromatic rings. The zero-order valence-electron chi connectivity index (χ0n) is 21.0. The standard InChI is InChI=1S/C28H27F4N3O4/c1-17(15-36)21-14-22(29)19(11-24(21)39-16-18-5-3-2-4-6-18)12-25(37)34-20-7-10-33-23(13-20)26(38)35-27(8-9-27)28(30,31)32/h2-7,10-11,13-14,17,36H,8-9,12,15-16H2,1H3,(H,35,38)(H,33,34,37). The van der Waals surface area contributed by atoms with Crippen molar-refractivity contribution < 1.29 is 37.0 Å². The van der Waals surface area contributed by atoms with Crippen LogP contribution >= 0.6 is 0 Å². The van der Waals surface area contributed by atoms with Gasteiger partial charge in [-0.2, -0.15) is 13.2 Å². The van der Waals surface area contributed by atoms with E-state index in [2.05, 4.69) is 10.3 Å². The molecular formula is C28H27F4N3O4. The van der Waals surface area contributed by atoms with Crippen LogP contribution in [0.4, 0.5) is 23.2 Å². The minimum absolute atomic E-state index is 0.0392. The van der Waals surface area contributed by atoms with Gasteiger partial charge in [-0.1, -0.05) is 37.3 Å².